The van der Waals surface area contributed by atoms with Gasteiger partial charge in [0, 0.05) is 122 Å². The van der Waals surface area contributed by atoms with Crippen molar-refractivity contribution in [3.05, 3.63) is 275 Å². The number of ether oxygens (including phenoxy) is 1. The number of rotatable bonds is 11. The second-order valence-corrected chi connectivity index (χ2v) is 31.7. The Labute approximate surface area is 760 Å². The van der Waals surface area contributed by atoms with Crippen molar-refractivity contribution in [1.82, 2.24) is 114 Å². The zero-order chi connectivity index (χ0) is 92.8. The van der Waals surface area contributed by atoms with E-state index in [4.69, 9.17) is 91.1 Å². The average molecular weight is 1890 g/mol. The van der Waals surface area contributed by atoms with Crippen molar-refractivity contribution >= 4 is 153 Å². The molecular formula is C86H60Cl5F7N28O4S. The molecule has 0 aliphatic heterocycles. The molecule has 0 atom stereocenters. The lowest BCUT2D eigenvalue weighted by molar-refractivity contribution is -0.275. The Balaban J connectivity index is 0.000000120. The standard InChI is InChI=1S/C18H13F3N6O.C18H13FN4O.C17H12Cl2N6O.C17H11Cl2N5S.C16H11ClF3N7O/c1-9-5-7-27(26-9)17-14(24-15(16(22)25-17)18(19,20)21)10-2-3-12-11(8-10)13(28)4-6-23-12;1-10-4-7-14(24-10)16-15(22-17(19)18(20)23-16)12-5-6-13-11(9-12)3-2-8-21-13;1-25-6-11(21-7-25)15-14(23-16(19)17(20)24-15)9-4-8-2-3-12(26)22-13(8)10(18)5-9;1-8-7-22-17(25-8)14-13(23-15(19)16(20)24-14)10-5-9-3-2-4-21-12(9)11(18)6-10;1-7-2-3-27(26-7)14-11(24-15(13(21)25-14)28-16(18,19)20)8-4-9(17)12-10(5-8)22-6-23-12/h2-8H,1H3,(H2,22,25)(H,23,28);2-9H,1H3,(H2,20,23);2-7H,1H3,(H2,20,24)(H,22,26);2-7H,1H3,(H2,20,24);2-6H,1H3,(H2,21,25)(H,22,23). The maximum atomic E-state index is 13.9. The summed E-state index contributed by atoms with van der Waals surface area (Å²) < 4.78 is 106. The van der Waals surface area contributed by atoms with Crippen molar-refractivity contribution in [3.63, 3.8) is 0 Å². The van der Waals surface area contributed by atoms with Gasteiger partial charge in [-0.25, -0.2) is 74.2 Å². The van der Waals surface area contributed by atoms with E-state index in [-0.39, 0.29) is 72.4 Å². The van der Waals surface area contributed by atoms with Crippen LogP contribution in [0, 0.1) is 33.6 Å². The second-order valence-electron chi connectivity index (χ2n) is 28.5. The van der Waals surface area contributed by atoms with E-state index in [2.05, 4.69) is 105 Å². The first-order valence-corrected chi connectivity index (χ1v) is 40.9. The van der Waals surface area contributed by atoms with Crippen molar-refractivity contribution < 1.29 is 39.9 Å². The molecule has 45 heteroatoms. The SMILES string of the molecule is Cc1ccc(-c2nc(N)c(F)nc2-c2ccc3ncccc3c2)o1.Cc1ccn(-c2nc(N)c(C(F)(F)F)nc2-c2ccc3[nH]ccc(=O)c3c2)n1.Cc1ccn(-c2nc(N)c(OC(F)(F)F)nc2-c2cc(Cl)c3nc[nH]c3c2)n1.Cc1cnc(-c2nc(N)c(Cl)nc2-c2cc(Cl)c3ncccc3c2)s1.Cn1cnc(-c2nc(N)c(Cl)nc2-c2cc(Cl)c3[nH]c(=O)ccc3c2)c1. The van der Waals surface area contributed by atoms with Crippen LogP contribution < -0.4 is 44.4 Å². The number of benzene rings is 5. The zero-order valence-electron chi connectivity index (χ0n) is 67.9. The Morgan fingerprint density at radius 2 is 1.11 bits per heavy atom. The lowest BCUT2D eigenvalue weighted by Crippen LogP contribution is -2.20. The van der Waals surface area contributed by atoms with Crippen molar-refractivity contribution in [2.24, 2.45) is 7.05 Å². The maximum absolute atomic E-state index is 13.9. The van der Waals surface area contributed by atoms with E-state index >= 15 is 0 Å². The van der Waals surface area contributed by atoms with Crippen LogP contribution in [0.5, 0.6) is 5.88 Å². The predicted octanol–water partition coefficient (Wildman–Crippen LogP) is 19.0. The van der Waals surface area contributed by atoms with Crippen LogP contribution in [0.25, 0.3) is 156 Å². The summed E-state index contributed by atoms with van der Waals surface area (Å²) in [6, 6.07) is 39.6. The fourth-order valence-electron chi connectivity index (χ4n) is 13.3. The Kier molecular flexibility index (Phi) is 24.7. The molecule has 131 heavy (non-hydrogen) atoms. The number of fused-ring (bicyclic) bond motifs is 5. The van der Waals surface area contributed by atoms with Crippen LogP contribution in [0.3, 0.4) is 0 Å². The van der Waals surface area contributed by atoms with Crippen LogP contribution in [0.1, 0.15) is 27.7 Å². The number of aromatic amines is 3. The van der Waals surface area contributed by atoms with Gasteiger partial charge in [0.25, 0.3) is 11.8 Å². The summed E-state index contributed by atoms with van der Waals surface area (Å²) in [4.78, 5) is 96.1. The minimum Gasteiger partial charge on any atom is -0.460 e. The predicted molar refractivity (Wildman–Crippen MR) is 487 cm³/mol. The Hall–Kier alpha value is -15.5. The number of anilines is 5. The number of halogens is 12. The van der Waals surface area contributed by atoms with Crippen molar-refractivity contribution in [2.75, 3.05) is 28.7 Å². The van der Waals surface area contributed by atoms with Crippen LogP contribution >= 0.6 is 69.3 Å². The summed E-state index contributed by atoms with van der Waals surface area (Å²) in [5.41, 5.74) is 38.1. The quantitative estimate of drug-likeness (QED) is 0.0558. The highest BCUT2D eigenvalue weighted by Crippen LogP contribution is 2.43. The topological polar surface area (TPSA) is 468 Å². The van der Waals surface area contributed by atoms with Crippen LogP contribution in [0.4, 0.5) is 59.8 Å². The van der Waals surface area contributed by atoms with E-state index in [9.17, 15) is 40.3 Å². The Morgan fingerprint density at radius 3 is 1.76 bits per heavy atom. The number of nitrogens with zero attached hydrogens (tertiary/aromatic N) is 20. The molecule has 20 rings (SSSR count). The van der Waals surface area contributed by atoms with Gasteiger partial charge in [-0.2, -0.15) is 27.8 Å². The number of aromatic nitrogens is 23. The number of hydrogen-bond donors (Lipinski definition) is 8. The van der Waals surface area contributed by atoms with Crippen LogP contribution in [0.15, 0.2) is 210 Å². The molecule has 0 aliphatic rings. The highest BCUT2D eigenvalue weighted by Gasteiger charge is 2.38. The minimum atomic E-state index is -4.98. The second kappa shape index (κ2) is 36.3. The number of alkyl halides is 6. The van der Waals surface area contributed by atoms with E-state index in [1.807, 2.05) is 81.6 Å². The highest BCUT2D eigenvalue weighted by atomic mass is 35.5. The smallest absolute Gasteiger partial charge is 0.460 e. The van der Waals surface area contributed by atoms with Crippen molar-refractivity contribution in [3.8, 4) is 107 Å². The molecule has 0 unspecified atom stereocenters. The molecule has 0 bridgehead atoms. The summed E-state index contributed by atoms with van der Waals surface area (Å²) >= 11 is 32.8. The third-order valence-electron chi connectivity index (χ3n) is 19.2. The van der Waals surface area contributed by atoms with Gasteiger partial charge in [0.15, 0.2) is 67.9 Å². The van der Waals surface area contributed by atoms with Crippen LogP contribution in [0.2, 0.25) is 25.4 Å². The van der Waals surface area contributed by atoms with Gasteiger partial charge < -0.3 is 57.3 Å². The third-order valence-corrected chi connectivity index (χ3v) is 21.5. The molecule has 658 valence electrons. The molecule has 0 spiro atoms. The molecule has 0 amide bonds. The van der Waals surface area contributed by atoms with E-state index in [1.54, 1.807) is 117 Å². The molecule has 0 radical (unpaired) electrons. The first kappa shape index (κ1) is 88.9. The molecule has 5 aromatic carbocycles. The number of thiazole rings is 1. The third kappa shape index (κ3) is 19.4. The van der Waals surface area contributed by atoms with E-state index < -0.39 is 41.7 Å². The summed E-state index contributed by atoms with van der Waals surface area (Å²) in [5, 5.41) is 13.5. The maximum Gasteiger partial charge on any atom is 0.574 e. The zero-order valence-corrected chi connectivity index (χ0v) is 72.5. The van der Waals surface area contributed by atoms with Crippen molar-refractivity contribution in [1.29, 1.82) is 0 Å². The number of pyridine rings is 4. The molecule has 32 nitrogen and oxygen atoms in total. The number of aryl methyl sites for hydroxylation is 5. The van der Waals surface area contributed by atoms with Gasteiger partial charge in [-0.1, -0.05) is 82.3 Å². The number of nitrogens with one attached hydrogen (secondary N) is 3. The van der Waals surface area contributed by atoms with Gasteiger partial charge in [0.2, 0.25) is 5.56 Å². The van der Waals surface area contributed by atoms with Gasteiger partial charge in [0.05, 0.1) is 61.2 Å². The molecule has 0 aliphatic carbocycles. The first-order chi connectivity index (χ1) is 62.5. The number of nitrogens with two attached hydrogens (primary N) is 5. The average Bonchev–Trinajstić information content (AvgIpc) is 1.64. The molecule has 20 aromatic rings. The lowest BCUT2D eigenvalue weighted by Gasteiger charge is -2.14. The van der Waals surface area contributed by atoms with Gasteiger partial charge in [-0.05, 0) is 131 Å². The molecule has 13 N–H and O–H groups in total. The van der Waals surface area contributed by atoms with Crippen molar-refractivity contribution in [2.45, 2.75) is 40.2 Å². The van der Waals surface area contributed by atoms with Gasteiger partial charge in [-0.15, -0.1) is 24.5 Å². The normalized spacial score (nSPS) is 11.5. The highest BCUT2D eigenvalue weighted by molar-refractivity contribution is 7.15. The first-order valence-electron chi connectivity index (χ1n) is 38.2. The number of hydrogen-bond acceptors (Lipinski definition) is 27. The molecule has 0 saturated carbocycles. The van der Waals surface area contributed by atoms with Gasteiger partial charge in [0.1, 0.15) is 67.5 Å². The molecule has 15 aromatic heterocycles. The van der Waals surface area contributed by atoms with E-state index in [0.29, 0.717) is 111 Å². The summed E-state index contributed by atoms with van der Waals surface area (Å²) in [7, 11) is 1.85. The molecule has 0 fully saturated rings. The van der Waals surface area contributed by atoms with Crippen LogP contribution in [-0.4, -0.2) is 120 Å². The fourth-order valence-corrected chi connectivity index (χ4v) is 15.1. The summed E-state index contributed by atoms with van der Waals surface area (Å²) in [5.74, 6) is -1.55. The molecule has 15 heterocycles. The number of imidazole rings is 2. The van der Waals surface area contributed by atoms with Crippen LogP contribution in [-0.2, 0) is 13.2 Å². The molecular weight excluding hydrogens is 1830 g/mol. The Morgan fingerprint density at radius 1 is 0.504 bits per heavy atom. The Bertz CT molecular complexity index is 7980. The number of nitrogen functional groups attached to an aromatic ring is 5. The fraction of sp³-hybridized carbons (Fsp3) is 0.0814. The minimum absolute atomic E-state index is 0.0327. The summed E-state index contributed by atoms with van der Waals surface area (Å²) in [6.07, 6.45) is 5.00. The largest absolute Gasteiger partial charge is 0.574 e. The van der Waals surface area contributed by atoms with Gasteiger partial charge in [-0.3, -0.25) is 19.6 Å². The number of furan rings is 1. The monoisotopic (exact) mass is 1890 g/mol. The lowest BCUT2D eigenvalue weighted by atomic mass is 10.0. The van der Waals surface area contributed by atoms with Gasteiger partial charge >= 0.3 is 12.5 Å². The van der Waals surface area contributed by atoms with E-state index in [1.165, 1.54) is 57.5 Å². The number of H-pyrrole nitrogens is 3. The van der Waals surface area contributed by atoms with E-state index in [0.717, 1.165) is 48.4 Å². The molecule has 0 saturated heterocycles. The summed E-state index contributed by atoms with van der Waals surface area (Å²) in [6.45, 7) is 7.28.